The van der Waals surface area contributed by atoms with E-state index in [9.17, 15) is 0 Å². The molecular formula is C14H18N2O2. The van der Waals surface area contributed by atoms with Gasteiger partial charge in [-0.2, -0.15) is 0 Å². The first-order valence-electron chi connectivity index (χ1n) is 6.36. The molecule has 0 amide bonds. The van der Waals surface area contributed by atoms with Crippen molar-refractivity contribution < 1.29 is 9.47 Å². The van der Waals surface area contributed by atoms with Crippen molar-refractivity contribution in [3.8, 4) is 5.75 Å². The number of aromatic amines is 1. The van der Waals surface area contributed by atoms with Crippen molar-refractivity contribution >= 4 is 10.9 Å². The second kappa shape index (κ2) is 5.00. The summed E-state index contributed by atoms with van der Waals surface area (Å²) in [6.45, 7) is 2.69. The second-order valence-corrected chi connectivity index (χ2v) is 4.57. The van der Waals surface area contributed by atoms with Gasteiger partial charge in [0, 0.05) is 24.2 Å². The molecule has 0 saturated carbocycles. The fourth-order valence-corrected chi connectivity index (χ4v) is 2.41. The lowest BCUT2D eigenvalue weighted by atomic mass is 10.2. The van der Waals surface area contributed by atoms with Crippen LogP contribution in [0.4, 0.5) is 0 Å². The molecule has 1 atom stereocenters. The topological polar surface area (TPSA) is 46.3 Å². The van der Waals surface area contributed by atoms with Crippen molar-refractivity contribution in [1.82, 2.24) is 10.3 Å². The van der Waals surface area contributed by atoms with Crippen LogP contribution in [0.15, 0.2) is 24.3 Å². The van der Waals surface area contributed by atoms with Crippen LogP contribution in [-0.4, -0.2) is 31.8 Å². The Kier molecular flexibility index (Phi) is 3.21. The highest BCUT2D eigenvalue weighted by Crippen LogP contribution is 2.28. The lowest BCUT2D eigenvalue weighted by molar-refractivity contribution is 0.0644. The van der Waals surface area contributed by atoms with Crippen LogP contribution < -0.4 is 10.1 Å². The highest BCUT2D eigenvalue weighted by atomic mass is 16.5. The number of hydrogen-bond donors (Lipinski definition) is 2. The van der Waals surface area contributed by atoms with Crippen LogP contribution >= 0.6 is 0 Å². The normalized spacial score (nSPS) is 20.8. The standard InChI is InChI=1S/C14H18N2O2/c1-17-12-5-2-4-10-8-11(16-14(10)12)13-9-15-6-3-7-18-13/h2,4-5,8,13,15-16H,3,6-7,9H2,1H3. The highest BCUT2D eigenvalue weighted by molar-refractivity contribution is 5.86. The average Bonchev–Trinajstić information content (AvgIpc) is 2.65. The summed E-state index contributed by atoms with van der Waals surface area (Å²) >= 11 is 0. The van der Waals surface area contributed by atoms with Crippen LogP contribution in [0.25, 0.3) is 10.9 Å². The number of fused-ring (bicyclic) bond motifs is 1. The summed E-state index contributed by atoms with van der Waals surface area (Å²) < 4.78 is 11.2. The molecule has 1 unspecified atom stereocenters. The van der Waals surface area contributed by atoms with Gasteiger partial charge in [-0.15, -0.1) is 0 Å². The third-order valence-electron chi connectivity index (χ3n) is 3.35. The first-order chi connectivity index (χ1) is 8.88. The van der Waals surface area contributed by atoms with E-state index < -0.39 is 0 Å². The van der Waals surface area contributed by atoms with Gasteiger partial charge in [0.15, 0.2) is 0 Å². The van der Waals surface area contributed by atoms with Gasteiger partial charge in [-0.05, 0) is 25.1 Å². The quantitative estimate of drug-likeness (QED) is 0.854. The van der Waals surface area contributed by atoms with Crippen LogP contribution in [0.2, 0.25) is 0 Å². The van der Waals surface area contributed by atoms with E-state index in [1.165, 1.54) is 0 Å². The molecule has 3 rings (SSSR count). The average molecular weight is 246 g/mol. The first-order valence-corrected chi connectivity index (χ1v) is 6.36. The van der Waals surface area contributed by atoms with Gasteiger partial charge in [0.05, 0.1) is 12.6 Å². The van der Waals surface area contributed by atoms with E-state index in [0.717, 1.165) is 48.5 Å². The number of H-pyrrole nitrogens is 1. The van der Waals surface area contributed by atoms with E-state index in [2.05, 4.69) is 22.4 Å². The molecule has 1 aromatic carbocycles. The van der Waals surface area contributed by atoms with Crippen LogP contribution in [0.1, 0.15) is 18.2 Å². The maximum atomic E-state index is 5.86. The van der Waals surface area contributed by atoms with Crippen LogP contribution in [0.5, 0.6) is 5.75 Å². The Morgan fingerprint density at radius 3 is 3.22 bits per heavy atom. The molecule has 0 spiro atoms. The van der Waals surface area contributed by atoms with Crippen molar-refractivity contribution in [2.45, 2.75) is 12.5 Å². The molecule has 2 heterocycles. The van der Waals surface area contributed by atoms with Gasteiger partial charge >= 0.3 is 0 Å². The summed E-state index contributed by atoms with van der Waals surface area (Å²) in [7, 11) is 1.69. The Labute approximate surface area is 106 Å². The van der Waals surface area contributed by atoms with Gasteiger partial charge in [0.1, 0.15) is 11.9 Å². The van der Waals surface area contributed by atoms with Crippen molar-refractivity contribution in [2.24, 2.45) is 0 Å². The molecule has 0 radical (unpaired) electrons. The van der Waals surface area contributed by atoms with Crippen molar-refractivity contribution in [1.29, 1.82) is 0 Å². The van der Waals surface area contributed by atoms with Crippen LogP contribution in [0, 0.1) is 0 Å². The molecule has 2 aromatic rings. The zero-order valence-electron chi connectivity index (χ0n) is 10.5. The fraction of sp³-hybridized carbons (Fsp3) is 0.429. The lowest BCUT2D eigenvalue weighted by Gasteiger charge is -2.12. The summed E-state index contributed by atoms with van der Waals surface area (Å²) in [5.41, 5.74) is 2.16. The van der Waals surface area contributed by atoms with E-state index in [1.807, 2.05) is 12.1 Å². The summed E-state index contributed by atoms with van der Waals surface area (Å²) in [5.74, 6) is 0.875. The largest absolute Gasteiger partial charge is 0.495 e. The molecule has 4 heteroatoms. The minimum absolute atomic E-state index is 0.101. The van der Waals surface area contributed by atoms with Gasteiger partial charge in [-0.25, -0.2) is 0 Å². The predicted molar refractivity (Wildman–Crippen MR) is 71.0 cm³/mol. The molecule has 1 aliphatic heterocycles. The van der Waals surface area contributed by atoms with E-state index in [1.54, 1.807) is 7.11 Å². The first kappa shape index (κ1) is 11.6. The fourth-order valence-electron chi connectivity index (χ4n) is 2.41. The molecule has 1 aliphatic rings. The molecule has 0 bridgehead atoms. The number of para-hydroxylation sites is 1. The zero-order valence-corrected chi connectivity index (χ0v) is 10.5. The highest BCUT2D eigenvalue weighted by Gasteiger charge is 2.17. The van der Waals surface area contributed by atoms with Crippen LogP contribution in [-0.2, 0) is 4.74 Å². The monoisotopic (exact) mass is 246 g/mol. The minimum atomic E-state index is 0.101. The van der Waals surface area contributed by atoms with E-state index in [0.29, 0.717) is 0 Å². The van der Waals surface area contributed by atoms with Crippen LogP contribution in [0.3, 0.4) is 0 Å². The van der Waals surface area contributed by atoms with Gasteiger partial charge in [-0.1, -0.05) is 12.1 Å². The van der Waals surface area contributed by atoms with E-state index >= 15 is 0 Å². The molecular weight excluding hydrogens is 228 g/mol. The third-order valence-corrected chi connectivity index (χ3v) is 3.35. The SMILES string of the molecule is COc1cccc2cc(C3CNCCCO3)[nH]c12. The van der Waals surface area contributed by atoms with Gasteiger partial charge in [-0.3, -0.25) is 0 Å². The summed E-state index contributed by atoms with van der Waals surface area (Å²) in [6, 6.07) is 8.21. The van der Waals surface area contributed by atoms with Gasteiger partial charge < -0.3 is 19.8 Å². The van der Waals surface area contributed by atoms with Crippen molar-refractivity contribution in [2.75, 3.05) is 26.8 Å². The smallest absolute Gasteiger partial charge is 0.142 e. The number of hydrogen-bond acceptors (Lipinski definition) is 3. The molecule has 1 saturated heterocycles. The predicted octanol–water partition coefficient (Wildman–Crippen LogP) is 2.23. The number of rotatable bonds is 2. The number of ether oxygens (including phenoxy) is 2. The minimum Gasteiger partial charge on any atom is -0.495 e. The lowest BCUT2D eigenvalue weighted by Crippen LogP contribution is -2.20. The van der Waals surface area contributed by atoms with Crippen molar-refractivity contribution in [3.05, 3.63) is 30.0 Å². The number of aromatic nitrogens is 1. The Bertz CT molecular complexity index is 528. The third kappa shape index (κ3) is 2.09. The molecule has 4 nitrogen and oxygen atoms in total. The molecule has 1 fully saturated rings. The Balaban J connectivity index is 1.96. The maximum Gasteiger partial charge on any atom is 0.142 e. The Morgan fingerprint density at radius 1 is 1.39 bits per heavy atom. The number of nitrogens with one attached hydrogen (secondary N) is 2. The van der Waals surface area contributed by atoms with E-state index in [-0.39, 0.29) is 6.10 Å². The molecule has 2 N–H and O–H groups in total. The molecule has 0 aliphatic carbocycles. The summed E-state index contributed by atoms with van der Waals surface area (Å²) in [4.78, 5) is 3.42. The summed E-state index contributed by atoms with van der Waals surface area (Å²) in [6.07, 6.45) is 1.17. The second-order valence-electron chi connectivity index (χ2n) is 4.57. The Morgan fingerprint density at radius 2 is 2.33 bits per heavy atom. The van der Waals surface area contributed by atoms with Gasteiger partial charge in [0.25, 0.3) is 0 Å². The Hall–Kier alpha value is -1.52. The molecule has 18 heavy (non-hydrogen) atoms. The number of methoxy groups -OCH3 is 1. The molecule has 96 valence electrons. The number of benzene rings is 1. The molecule has 1 aromatic heterocycles. The van der Waals surface area contributed by atoms with Gasteiger partial charge in [0.2, 0.25) is 0 Å². The maximum absolute atomic E-state index is 5.86. The summed E-state index contributed by atoms with van der Waals surface area (Å²) in [5, 5.41) is 4.56. The van der Waals surface area contributed by atoms with Crippen molar-refractivity contribution in [3.63, 3.8) is 0 Å². The zero-order chi connectivity index (χ0) is 12.4. The van der Waals surface area contributed by atoms with E-state index in [4.69, 9.17) is 9.47 Å².